The zero-order valence-corrected chi connectivity index (χ0v) is 13.0. The maximum absolute atomic E-state index is 12.4. The van der Waals surface area contributed by atoms with Crippen molar-refractivity contribution in [3.05, 3.63) is 46.5 Å². The highest BCUT2D eigenvalue weighted by molar-refractivity contribution is 7.17. The smallest absolute Gasteiger partial charge is 0.267 e. The second-order valence-corrected chi connectivity index (χ2v) is 6.63. The van der Waals surface area contributed by atoms with Crippen molar-refractivity contribution >= 4 is 27.5 Å². The second kappa shape index (κ2) is 5.21. The number of amides is 1. The minimum absolute atomic E-state index is 0.0371. The Balaban J connectivity index is 1.48. The van der Waals surface area contributed by atoms with E-state index in [-0.39, 0.29) is 11.9 Å². The van der Waals surface area contributed by atoms with Crippen LogP contribution in [-0.4, -0.2) is 26.9 Å². The summed E-state index contributed by atoms with van der Waals surface area (Å²) in [6, 6.07) is 4.05. The summed E-state index contributed by atoms with van der Waals surface area (Å²) in [7, 11) is 0. The van der Waals surface area contributed by atoms with Gasteiger partial charge in [-0.1, -0.05) is 0 Å². The zero-order chi connectivity index (χ0) is 15.1. The van der Waals surface area contributed by atoms with Crippen molar-refractivity contribution in [1.29, 1.82) is 0 Å². The molecule has 3 heterocycles. The van der Waals surface area contributed by atoms with Gasteiger partial charge in [0.2, 0.25) is 0 Å². The Kier molecular flexibility index (Phi) is 3.18. The molecule has 4 rings (SSSR count). The summed E-state index contributed by atoms with van der Waals surface area (Å²) >= 11 is 1.64. The van der Waals surface area contributed by atoms with Gasteiger partial charge < -0.3 is 10.3 Å². The molecule has 1 amide bonds. The number of aryl methyl sites for hydroxylation is 2. The number of nitrogens with zero attached hydrogens (tertiary/aromatic N) is 2. The third-order valence-corrected chi connectivity index (χ3v) is 4.95. The number of carbonyl (C=O) groups is 1. The normalized spacial score (nSPS) is 17.4. The van der Waals surface area contributed by atoms with Gasteiger partial charge in [-0.05, 0) is 49.3 Å². The molecule has 0 saturated carbocycles. The molecule has 0 bridgehead atoms. The number of aromatic amines is 1. The monoisotopic (exact) mass is 312 g/mol. The van der Waals surface area contributed by atoms with Gasteiger partial charge in [0.05, 0.1) is 10.2 Å². The predicted octanol–water partition coefficient (Wildman–Crippen LogP) is 2.62. The third-order valence-electron chi connectivity index (χ3n) is 4.09. The molecule has 1 atom stereocenters. The summed E-state index contributed by atoms with van der Waals surface area (Å²) in [5, 5.41) is 5.14. The molecule has 0 fully saturated rings. The summed E-state index contributed by atoms with van der Waals surface area (Å²) in [5.74, 6) is 0.776. The van der Waals surface area contributed by atoms with Gasteiger partial charge in [0.25, 0.3) is 5.91 Å². The maximum atomic E-state index is 12.4. The molecule has 0 saturated heterocycles. The molecule has 1 unspecified atom stereocenters. The number of fused-ring (bicyclic) bond motifs is 2. The number of nitrogens with one attached hydrogen (secondary N) is 2. The lowest BCUT2D eigenvalue weighted by Crippen LogP contribution is -2.39. The minimum Gasteiger partial charge on any atom is -0.350 e. The van der Waals surface area contributed by atoms with Crippen molar-refractivity contribution in [2.24, 2.45) is 0 Å². The van der Waals surface area contributed by atoms with Crippen LogP contribution in [-0.2, 0) is 12.8 Å². The van der Waals surface area contributed by atoms with Crippen LogP contribution < -0.4 is 5.32 Å². The topological polar surface area (TPSA) is 70.7 Å². The van der Waals surface area contributed by atoms with E-state index in [2.05, 4.69) is 20.3 Å². The summed E-state index contributed by atoms with van der Waals surface area (Å²) in [4.78, 5) is 24.3. The quantitative estimate of drug-likeness (QED) is 0.764. The molecule has 1 aliphatic rings. The van der Waals surface area contributed by atoms with Crippen LogP contribution in [0.1, 0.15) is 34.0 Å². The highest BCUT2D eigenvalue weighted by Crippen LogP contribution is 2.22. The molecule has 0 radical (unpaired) electrons. The number of rotatable bonds is 2. The Morgan fingerprint density at radius 1 is 1.50 bits per heavy atom. The number of H-pyrrole nitrogens is 1. The first-order valence-electron chi connectivity index (χ1n) is 7.37. The van der Waals surface area contributed by atoms with Crippen LogP contribution in [0, 0.1) is 6.92 Å². The minimum atomic E-state index is -0.0371. The molecule has 6 heteroatoms. The van der Waals surface area contributed by atoms with E-state index in [1.54, 1.807) is 11.3 Å². The standard InChI is InChI=1S/C16H16N4OS/c1-9-17-8-10-6-11(2-3-12(10)18-9)19-16(21)14-7-15-13(20-14)4-5-22-15/h4-5,7-8,11,20H,2-3,6H2,1H3,(H,19,21). The van der Waals surface area contributed by atoms with Crippen LogP contribution in [0.25, 0.3) is 10.2 Å². The lowest BCUT2D eigenvalue weighted by atomic mass is 9.92. The number of aromatic nitrogens is 3. The average Bonchev–Trinajstić information content (AvgIpc) is 3.08. The van der Waals surface area contributed by atoms with E-state index in [0.29, 0.717) is 5.69 Å². The SMILES string of the molecule is Cc1ncc2c(n1)CCC(NC(=O)c1cc3sccc3[nH]1)C2. The van der Waals surface area contributed by atoms with Gasteiger partial charge in [0.15, 0.2) is 0 Å². The van der Waals surface area contributed by atoms with Crippen molar-refractivity contribution in [3.8, 4) is 0 Å². The number of hydrogen-bond acceptors (Lipinski definition) is 4. The van der Waals surface area contributed by atoms with E-state index in [1.165, 1.54) is 0 Å². The predicted molar refractivity (Wildman–Crippen MR) is 86.2 cm³/mol. The Morgan fingerprint density at radius 2 is 2.41 bits per heavy atom. The van der Waals surface area contributed by atoms with Crippen molar-refractivity contribution in [2.45, 2.75) is 32.2 Å². The molecule has 22 heavy (non-hydrogen) atoms. The van der Waals surface area contributed by atoms with Crippen molar-refractivity contribution in [2.75, 3.05) is 0 Å². The molecule has 2 N–H and O–H groups in total. The fourth-order valence-electron chi connectivity index (χ4n) is 2.96. The van der Waals surface area contributed by atoms with E-state index >= 15 is 0 Å². The van der Waals surface area contributed by atoms with Gasteiger partial charge in [-0.15, -0.1) is 11.3 Å². The molecular weight excluding hydrogens is 296 g/mol. The van der Waals surface area contributed by atoms with Crippen molar-refractivity contribution < 1.29 is 4.79 Å². The Bertz CT molecular complexity index is 822. The third kappa shape index (κ3) is 2.39. The molecule has 0 aliphatic heterocycles. The van der Waals surface area contributed by atoms with Crippen LogP contribution in [0.4, 0.5) is 0 Å². The van der Waals surface area contributed by atoms with Crippen molar-refractivity contribution in [3.63, 3.8) is 0 Å². The van der Waals surface area contributed by atoms with Crippen LogP contribution in [0.5, 0.6) is 0 Å². The molecule has 1 aliphatic carbocycles. The first-order chi connectivity index (χ1) is 10.7. The van der Waals surface area contributed by atoms with Crippen LogP contribution in [0.3, 0.4) is 0 Å². The molecular formula is C16H16N4OS. The van der Waals surface area contributed by atoms with Gasteiger partial charge in [-0.25, -0.2) is 9.97 Å². The molecule has 3 aromatic rings. The van der Waals surface area contributed by atoms with Crippen molar-refractivity contribution in [1.82, 2.24) is 20.3 Å². The lowest BCUT2D eigenvalue weighted by Gasteiger charge is -2.24. The molecule has 0 spiro atoms. The van der Waals surface area contributed by atoms with E-state index in [0.717, 1.165) is 46.6 Å². The molecule has 5 nitrogen and oxygen atoms in total. The number of hydrogen-bond donors (Lipinski definition) is 2. The van der Waals surface area contributed by atoms with Gasteiger partial charge in [-0.2, -0.15) is 0 Å². The lowest BCUT2D eigenvalue weighted by molar-refractivity contribution is 0.0929. The maximum Gasteiger partial charge on any atom is 0.267 e. The zero-order valence-electron chi connectivity index (χ0n) is 12.2. The van der Waals surface area contributed by atoms with Gasteiger partial charge >= 0.3 is 0 Å². The Labute approximate surface area is 131 Å². The molecule has 112 valence electrons. The van der Waals surface area contributed by atoms with E-state index in [4.69, 9.17) is 0 Å². The van der Waals surface area contributed by atoms with E-state index in [1.807, 2.05) is 30.6 Å². The number of thiophene rings is 1. The van der Waals surface area contributed by atoms with Gasteiger partial charge in [0.1, 0.15) is 11.5 Å². The van der Waals surface area contributed by atoms with Gasteiger partial charge in [-0.3, -0.25) is 4.79 Å². The largest absolute Gasteiger partial charge is 0.350 e. The summed E-state index contributed by atoms with van der Waals surface area (Å²) < 4.78 is 1.11. The van der Waals surface area contributed by atoms with Crippen LogP contribution >= 0.6 is 11.3 Å². The average molecular weight is 312 g/mol. The van der Waals surface area contributed by atoms with E-state index < -0.39 is 0 Å². The number of carbonyl (C=O) groups excluding carboxylic acids is 1. The van der Waals surface area contributed by atoms with E-state index in [9.17, 15) is 4.79 Å². The summed E-state index contributed by atoms with van der Waals surface area (Å²) in [6.45, 7) is 1.91. The summed E-state index contributed by atoms with van der Waals surface area (Å²) in [5.41, 5.74) is 3.92. The first-order valence-corrected chi connectivity index (χ1v) is 8.25. The Morgan fingerprint density at radius 3 is 3.27 bits per heavy atom. The van der Waals surface area contributed by atoms with Crippen LogP contribution in [0.2, 0.25) is 0 Å². The van der Waals surface area contributed by atoms with Gasteiger partial charge in [0, 0.05) is 17.9 Å². The molecule has 3 aromatic heterocycles. The van der Waals surface area contributed by atoms with Crippen LogP contribution in [0.15, 0.2) is 23.7 Å². The Hall–Kier alpha value is -2.21. The fourth-order valence-corrected chi connectivity index (χ4v) is 3.75. The molecule has 0 aromatic carbocycles. The first kappa shape index (κ1) is 13.5. The highest BCUT2D eigenvalue weighted by atomic mass is 32.1. The second-order valence-electron chi connectivity index (χ2n) is 5.68. The highest BCUT2D eigenvalue weighted by Gasteiger charge is 2.22. The summed E-state index contributed by atoms with van der Waals surface area (Å²) in [6.07, 6.45) is 4.50. The fraction of sp³-hybridized carbons (Fsp3) is 0.312.